The Morgan fingerprint density at radius 1 is 1.03 bits per heavy atom. The zero-order chi connectivity index (χ0) is 27.6. The number of aromatic hydroxyl groups is 1. The van der Waals surface area contributed by atoms with Crippen LogP contribution in [0.1, 0.15) is 31.0 Å². The van der Waals surface area contributed by atoms with Crippen LogP contribution in [0.15, 0.2) is 51.4 Å². The molecule has 0 spiro atoms. The summed E-state index contributed by atoms with van der Waals surface area (Å²) in [6.07, 6.45) is 1.66. The van der Waals surface area contributed by atoms with Crippen LogP contribution < -0.4 is 33.8 Å². The second-order valence-electron chi connectivity index (χ2n) is 8.19. The number of nitrogens with zero attached hydrogens (tertiary/aromatic N) is 2. The molecular formula is C27H28N2O8S. The number of aromatic nitrogens is 1. The molecule has 0 unspecified atom stereocenters. The van der Waals surface area contributed by atoms with E-state index in [0.29, 0.717) is 37.7 Å². The molecule has 1 N–H and O–H groups in total. The molecule has 0 saturated carbocycles. The molecule has 3 aromatic rings. The number of methoxy groups -OCH3 is 4. The van der Waals surface area contributed by atoms with Crippen molar-refractivity contribution < 1.29 is 33.6 Å². The number of esters is 1. The predicted molar refractivity (Wildman–Crippen MR) is 141 cm³/mol. The third kappa shape index (κ3) is 4.72. The number of rotatable bonds is 8. The molecule has 0 fully saturated rings. The molecule has 0 amide bonds. The van der Waals surface area contributed by atoms with E-state index in [0.717, 1.165) is 0 Å². The fourth-order valence-corrected chi connectivity index (χ4v) is 5.32. The second kappa shape index (κ2) is 11.0. The first-order valence-electron chi connectivity index (χ1n) is 11.6. The molecule has 0 saturated heterocycles. The Morgan fingerprint density at radius 2 is 1.66 bits per heavy atom. The van der Waals surface area contributed by atoms with E-state index in [2.05, 4.69) is 4.99 Å². The van der Waals surface area contributed by atoms with E-state index in [1.54, 1.807) is 50.3 Å². The highest BCUT2D eigenvalue weighted by Gasteiger charge is 2.34. The maximum atomic E-state index is 13.8. The van der Waals surface area contributed by atoms with E-state index >= 15 is 0 Å². The van der Waals surface area contributed by atoms with E-state index in [9.17, 15) is 14.7 Å². The van der Waals surface area contributed by atoms with Gasteiger partial charge in [0.2, 0.25) is 5.75 Å². The Hall–Kier alpha value is -4.25. The van der Waals surface area contributed by atoms with E-state index in [1.807, 2.05) is 0 Å². The average Bonchev–Trinajstić information content (AvgIpc) is 3.22. The van der Waals surface area contributed by atoms with Gasteiger partial charge >= 0.3 is 5.97 Å². The van der Waals surface area contributed by atoms with Gasteiger partial charge in [-0.2, -0.15) is 0 Å². The van der Waals surface area contributed by atoms with Gasteiger partial charge in [-0.1, -0.05) is 17.4 Å². The Balaban J connectivity index is 1.97. The fraction of sp³-hybridized carbons (Fsp3) is 0.296. The molecule has 1 aromatic heterocycles. The van der Waals surface area contributed by atoms with Gasteiger partial charge in [-0.25, -0.2) is 9.79 Å². The molecule has 1 aliphatic rings. The Morgan fingerprint density at radius 3 is 2.24 bits per heavy atom. The van der Waals surface area contributed by atoms with Crippen molar-refractivity contribution in [3.8, 4) is 28.7 Å². The van der Waals surface area contributed by atoms with Crippen molar-refractivity contribution >= 4 is 23.4 Å². The van der Waals surface area contributed by atoms with Crippen LogP contribution in [0.5, 0.6) is 28.7 Å². The number of allylic oxidation sites excluding steroid dienone is 1. The Bertz CT molecular complexity index is 1580. The SMILES string of the molecule is CCOC(=O)C1=C(C)N=c2s/c(=C/c3cc(OC)c(O)c(OC)c3)c(=O)n2[C@@H]1c1ccc(OC)c(OC)c1. The molecule has 38 heavy (non-hydrogen) atoms. The second-order valence-corrected chi connectivity index (χ2v) is 9.20. The molecule has 4 rings (SSSR count). The minimum atomic E-state index is -0.809. The van der Waals surface area contributed by atoms with E-state index < -0.39 is 12.0 Å². The van der Waals surface area contributed by atoms with Gasteiger partial charge < -0.3 is 28.8 Å². The zero-order valence-corrected chi connectivity index (χ0v) is 22.7. The van der Waals surface area contributed by atoms with Crippen molar-refractivity contribution in [3.05, 3.63) is 72.4 Å². The van der Waals surface area contributed by atoms with Gasteiger partial charge in [0.15, 0.2) is 27.8 Å². The summed E-state index contributed by atoms with van der Waals surface area (Å²) in [6.45, 7) is 3.60. The molecular weight excluding hydrogens is 512 g/mol. The monoisotopic (exact) mass is 540 g/mol. The molecule has 0 bridgehead atoms. The maximum absolute atomic E-state index is 13.8. The van der Waals surface area contributed by atoms with Crippen LogP contribution in [0.25, 0.3) is 6.08 Å². The first-order chi connectivity index (χ1) is 18.3. The highest BCUT2D eigenvalue weighted by Crippen LogP contribution is 2.38. The molecule has 1 atom stereocenters. The van der Waals surface area contributed by atoms with Crippen LogP contribution in [-0.4, -0.2) is 50.7 Å². The van der Waals surface area contributed by atoms with Crippen LogP contribution >= 0.6 is 11.3 Å². The summed E-state index contributed by atoms with van der Waals surface area (Å²) in [5.41, 5.74) is 1.55. The van der Waals surface area contributed by atoms with E-state index in [1.165, 1.54) is 44.3 Å². The summed E-state index contributed by atoms with van der Waals surface area (Å²) in [5, 5.41) is 10.3. The number of benzene rings is 2. The third-order valence-corrected chi connectivity index (χ3v) is 7.02. The first-order valence-corrected chi connectivity index (χ1v) is 12.5. The summed E-state index contributed by atoms with van der Waals surface area (Å²) in [6, 6.07) is 7.60. The van der Waals surface area contributed by atoms with E-state index in [-0.39, 0.29) is 35.0 Å². The first kappa shape index (κ1) is 26.8. The minimum absolute atomic E-state index is 0.142. The summed E-state index contributed by atoms with van der Waals surface area (Å²) < 4.78 is 28.5. The fourth-order valence-electron chi connectivity index (χ4n) is 4.28. The van der Waals surface area contributed by atoms with Crippen LogP contribution in [0.3, 0.4) is 0 Å². The quantitative estimate of drug-likeness (QED) is 0.433. The van der Waals surface area contributed by atoms with Crippen LogP contribution in [-0.2, 0) is 9.53 Å². The average molecular weight is 541 g/mol. The normalized spacial score (nSPS) is 15.0. The largest absolute Gasteiger partial charge is 0.502 e. The van der Waals surface area contributed by atoms with Gasteiger partial charge in [-0.3, -0.25) is 9.36 Å². The smallest absolute Gasteiger partial charge is 0.338 e. The van der Waals surface area contributed by atoms with Crippen molar-refractivity contribution in [1.29, 1.82) is 0 Å². The lowest BCUT2D eigenvalue weighted by molar-refractivity contribution is -0.139. The summed E-state index contributed by atoms with van der Waals surface area (Å²) in [4.78, 5) is 31.9. The highest BCUT2D eigenvalue weighted by atomic mass is 32.1. The van der Waals surface area contributed by atoms with Crippen LogP contribution in [0, 0.1) is 0 Å². The molecule has 1 aliphatic heterocycles. The van der Waals surface area contributed by atoms with Gasteiger partial charge in [0, 0.05) is 0 Å². The topological polar surface area (TPSA) is 118 Å². The van der Waals surface area contributed by atoms with Crippen LogP contribution in [0.2, 0.25) is 0 Å². The molecule has 11 heteroatoms. The van der Waals surface area contributed by atoms with Gasteiger partial charge in [0.1, 0.15) is 0 Å². The molecule has 0 radical (unpaired) electrons. The number of ether oxygens (including phenoxy) is 5. The van der Waals surface area contributed by atoms with Crippen molar-refractivity contribution in [3.63, 3.8) is 0 Å². The standard InChI is InChI=1S/C27H28N2O8S/c1-7-37-26(32)22-14(2)28-27-29(23(22)16-8-9-17(33-3)18(13-16)34-4)25(31)21(38-27)12-15-10-19(35-5)24(30)20(11-15)36-6/h8-13,23,30H,7H2,1-6H3/b21-12+/t23-/m1/s1. The lowest BCUT2D eigenvalue weighted by Crippen LogP contribution is -2.40. The molecule has 2 aromatic carbocycles. The number of hydrogen-bond acceptors (Lipinski definition) is 10. The predicted octanol–water partition coefficient (Wildman–Crippen LogP) is 2.54. The summed E-state index contributed by atoms with van der Waals surface area (Å²) >= 11 is 1.18. The number of phenolic OH excluding ortho intramolecular Hbond substituents is 1. The van der Waals surface area contributed by atoms with Gasteiger partial charge in [-0.15, -0.1) is 0 Å². The van der Waals surface area contributed by atoms with Gasteiger partial charge in [0.05, 0.1) is 56.9 Å². The number of phenols is 1. The molecule has 200 valence electrons. The maximum Gasteiger partial charge on any atom is 0.338 e. The molecule has 10 nitrogen and oxygen atoms in total. The molecule has 0 aliphatic carbocycles. The lowest BCUT2D eigenvalue weighted by Gasteiger charge is -2.25. The summed E-state index contributed by atoms with van der Waals surface area (Å²) in [7, 11) is 5.90. The Kier molecular flexibility index (Phi) is 7.77. The van der Waals surface area contributed by atoms with Crippen LogP contribution in [0.4, 0.5) is 0 Å². The number of thiazole rings is 1. The van der Waals surface area contributed by atoms with Gasteiger partial charge in [-0.05, 0) is 55.3 Å². The van der Waals surface area contributed by atoms with E-state index in [4.69, 9.17) is 23.7 Å². The number of fused-ring (bicyclic) bond motifs is 1. The van der Waals surface area contributed by atoms with Crippen molar-refractivity contribution in [1.82, 2.24) is 4.57 Å². The number of carbonyl (C=O) groups is 1. The minimum Gasteiger partial charge on any atom is -0.502 e. The van der Waals surface area contributed by atoms with Crippen molar-refractivity contribution in [2.24, 2.45) is 4.99 Å². The van der Waals surface area contributed by atoms with Gasteiger partial charge in [0.25, 0.3) is 5.56 Å². The van der Waals surface area contributed by atoms with Crippen molar-refractivity contribution in [2.45, 2.75) is 19.9 Å². The summed E-state index contributed by atoms with van der Waals surface area (Å²) in [5.74, 6) is 0.664. The molecule has 2 heterocycles. The lowest BCUT2D eigenvalue weighted by atomic mass is 9.95. The third-order valence-electron chi connectivity index (χ3n) is 6.04. The highest BCUT2D eigenvalue weighted by molar-refractivity contribution is 7.07. The Labute approximate surface area is 222 Å². The number of carbonyl (C=O) groups excluding carboxylic acids is 1. The van der Waals surface area contributed by atoms with Crippen molar-refractivity contribution in [2.75, 3.05) is 35.0 Å². The zero-order valence-electron chi connectivity index (χ0n) is 21.9. The number of hydrogen-bond donors (Lipinski definition) is 1.